The number of carboxylic acids is 1. The van der Waals surface area contributed by atoms with Crippen molar-refractivity contribution < 1.29 is 14.7 Å². The highest BCUT2D eigenvalue weighted by Crippen LogP contribution is 2.33. The van der Waals surface area contributed by atoms with Crippen LogP contribution in [0.15, 0.2) is 0 Å². The van der Waals surface area contributed by atoms with Gasteiger partial charge in [0.1, 0.15) is 0 Å². The van der Waals surface area contributed by atoms with Gasteiger partial charge >= 0.3 is 5.97 Å². The zero-order valence-corrected chi connectivity index (χ0v) is 11.0. The first-order valence-electron chi connectivity index (χ1n) is 7.12. The summed E-state index contributed by atoms with van der Waals surface area (Å²) in [5.41, 5.74) is 0. The Labute approximate surface area is 108 Å². The quantitative estimate of drug-likeness (QED) is 0.807. The Hall–Kier alpha value is -1.06. The third kappa shape index (κ3) is 2.85. The second kappa shape index (κ2) is 5.72. The third-order valence-corrected chi connectivity index (χ3v) is 4.65. The molecule has 1 amide bonds. The summed E-state index contributed by atoms with van der Waals surface area (Å²) in [4.78, 5) is 23.2. The summed E-state index contributed by atoms with van der Waals surface area (Å²) in [7, 11) is 0. The predicted octanol–water partition coefficient (Wildman–Crippen LogP) is 2.18. The molecule has 0 aromatic heterocycles. The van der Waals surface area contributed by atoms with Crippen molar-refractivity contribution in [1.82, 2.24) is 5.32 Å². The standard InChI is InChI=1S/C14H23NO3/c1-9(10-5-2-3-6-10)15-13(16)11-7-4-8-12(11)14(17)18/h9-12H,2-8H2,1H3,(H,15,16)(H,17,18)/t9?,11-,12+/m1/s1. The summed E-state index contributed by atoms with van der Waals surface area (Å²) in [6.45, 7) is 2.05. The average Bonchev–Trinajstić information content (AvgIpc) is 3.00. The number of rotatable bonds is 4. The van der Waals surface area contributed by atoms with Crippen molar-refractivity contribution in [2.45, 2.75) is 57.9 Å². The molecule has 2 N–H and O–H groups in total. The molecule has 0 bridgehead atoms. The van der Waals surface area contributed by atoms with E-state index in [4.69, 9.17) is 5.11 Å². The van der Waals surface area contributed by atoms with E-state index in [1.165, 1.54) is 25.7 Å². The van der Waals surface area contributed by atoms with Crippen LogP contribution >= 0.6 is 0 Å². The molecule has 3 atom stereocenters. The number of hydrogen-bond acceptors (Lipinski definition) is 2. The van der Waals surface area contributed by atoms with Crippen LogP contribution in [-0.2, 0) is 9.59 Å². The number of amides is 1. The van der Waals surface area contributed by atoms with Crippen LogP contribution in [0.3, 0.4) is 0 Å². The summed E-state index contributed by atoms with van der Waals surface area (Å²) in [6, 6.07) is 0.190. The van der Waals surface area contributed by atoms with Gasteiger partial charge < -0.3 is 10.4 Å². The Kier molecular flexibility index (Phi) is 4.25. The van der Waals surface area contributed by atoms with E-state index in [9.17, 15) is 9.59 Å². The van der Waals surface area contributed by atoms with Gasteiger partial charge in [-0.05, 0) is 38.5 Å². The van der Waals surface area contributed by atoms with Crippen LogP contribution in [0.25, 0.3) is 0 Å². The topological polar surface area (TPSA) is 66.4 Å². The first-order valence-corrected chi connectivity index (χ1v) is 7.12. The molecular formula is C14H23NO3. The van der Waals surface area contributed by atoms with E-state index in [0.29, 0.717) is 12.3 Å². The SMILES string of the molecule is CC(NC(=O)[C@@H]1CCC[C@@H]1C(=O)O)C1CCCC1. The largest absolute Gasteiger partial charge is 0.481 e. The van der Waals surface area contributed by atoms with Crippen LogP contribution in [0.1, 0.15) is 51.9 Å². The van der Waals surface area contributed by atoms with E-state index in [1.807, 2.05) is 0 Å². The summed E-state index contributed by atoms with van der Waals surface area (Å²) in [5, 5.41) is 12.1. The molecule has 0 spiro atoms. The Balaban J connectivity index is 1.88. The van der Waals surface area contributed by atoms with Crippen molar-refractivity contribution in [3.63, 3.8) is 0 Å². The van der Waals surface area contributed by atoms with E-state index >= 15 is 0 Å². The lowest BCUT2D eigenvalue weighted by Gasteiger charge is -2.23. The third-order valence-electron chi connectivity index (χ3n) is 4.65. The fourth-order valence-corrected chi connectivity index (χ4v) is 3.48. The Morgan fingerprint density at radius 1 is 1.06 bits per heavy atom. The van der Waals surface area contributed by atoms with Crippen LogP contribution in [-0.4, -0.2) is 23.0 Å². The molecular weight excluding hydrogens is 230 g/mol. The van der Waals surface area contributed by atoms with Gasteiger partial charge in [-0.25, -0.2) is 0 Å². The van der Waals surface area contributed by atoms with Gasteiger partial charge in [0.05, 0.1) is 11.8 Å². The molecule has 4 nitrogen and oxygen atoms in total. The molecule has 0 heterocycles. The molecule has 0 aliphatic heterocycles. The van der Waals surface area contributed by atoms with Gasteiger partial charge in [0, 0.05) is 6.04 Å². The van der Waals surface area contributed by atoms with Gasteiger partial charge in [0.15, 0.2) is 0 Å². The monoisotopic (exact) mass is 253 g/mol. The van der Waals surface area contributed by atoms with E-state index in [0.717, 1.165) is 12.8 Å². The van der Waals surface area contributed by atoms with Crippen molar-refractivity contribution in [3.05, 3.63) is 0 Å². The van der Waals surface area contributed by atoms with Crippen molar-refractivity contribution in [2.24, 2.45) is 17.8 Å². The lowest BCUT2D eigenvalue weighted by molar-refractivity contribution is -0.146. The van der Waals surface area contributed by atoms with Crippen LogP contribution in [0.5, 0.6) is 0 Å². The maximum absolute atomic E-state index is 12.2. The normalized spacial score (nSPS) is 30.3. The van der Waals surface area contributed by atoms with Gasteiger partial charge in [0.2, 0.25) is 5.91 Å². The van der Waals surface area contributed by atoms with Gasteiger partial charge in [0.25, 0.3) is 0 Å². The zero-order valence-electron chi connectivity index (χ0n) is 11.0. The smallest absolute Gasteiger partial charge is 0.307 e. The Morgan fingerprint density at radius 2 is 1.67 bits per heavy atom. The molecule has 0 aromatic rings. The molecule has 2 saturated carbocycles. The number of carbonyl (C=O) groups is 2. The second-order valence-electron chi connectivity index (χ2n) is 5.82. The average molecular weight is 253 g/mol. The van der Waals surface area contributed by atoms with Crippen molar-refractivity contribution in [3.8, 4) is 0 Å². The highest BCUT2D eigenvalue weighted by molar-refractivity contribution is 5.85. The van der Waals surface area contributed by atoms with E-state index in [2.05, 4.69) is 12.2 Å². The molecule has 0 radical (unpaired) electrons. The minimum absolute atomic E-state index is 0.0423. The predicted molar refractivity (Wildman–Crippen MR) is 68.0 cm³/mol. The highest BCUT2D eigenvalue weighted by atomic mass is 16.4. The fourth-order valence-electron chi connectivity index (χ4n) is 3.48. The lowest BCUT2D eigenvalue weighted by Crippen LogP contribution is -2.42. The summed E-state index contributed by atoms with van der Waals surface area (Å²) >= 11 is 0. The Bertz CT molecular complexity index is 323. The van der Waals surface area contributed by atoms with Crippen LogP contribution in [0.4, 0.5) is 0 Å². The lowest BCUT2D eigenvalue weighted by atomic mass is 9.93. The highest BCUT2D eigenvalue weighted by Gasteiger charge is 2.38. The molecule has 1 unspecified atom stereocenters. The molecule has 2 rings (SSSR count). The van der Waals surface area contributed by atoms with Gasteiger partial charge in [-0.3, -0.25) is 9.59 Å². The van der Waals surface area contributed by atoms with E-state index < -0.39 is 11.9 Å². The van der Waals surface area contributed by atoms with Gasteiger partial charge in [-0.1, -0.05) is 19.3 Å². The summed E-state index contributed by atoms with van der Waals surface area (Å²) in [5.74, 6) is -1.06. The Morgan fingerprint density at radius 3 is 2.28 bits per heavy atom. The minimum atomic E-state index is -0.818. The number of aliphatic carboxylic acids is 1. The van der Waals surface area contributed by atoms with Crippen LogP contribution < -0.4 is 5.32 Å². The van der Waals surface area contributed by atoms with Crippen LogP contribution in [0.2, 0.25) is 0 Å². The molecule has 4 heteroatoms. The zero-order chi connectivity index (χ0) is 13.1. The minimum Gasteiger partial charge on any atom is -0.481 e. The van der Waals surface area contributed by atoms with Crippen molar-refractivity contribution in [2.75, 3.05) is 0 Å². The molecule has 18 heavy (non-hydrogen) atoms. The van der Waals surface area contributed by atoms with Crippen LogP contribution in [0, 0.1) is 17.8 Å². The van der Waals surface area contributed by atoms with Crippen molar-refractivity contribution >= 4 is 11.9 Å². The second-order valence-corrected chi connectivity index (χ2v) is 5.82. The van der Waals surface area contributed by atoms with Gasteiger partial charge in [-0.2, -0.15) is 0 Å². The number of carboxylic acid groups (broad SMARTS) is 1. The molecule has 102 valence electrons. The number of carbonyl (C=O) groups excluding carboxylic acids is 1. The molecule has 2 aliphatic rings. The van der Waals surface area contributed by atoms with E-state index in [1.54, 1.807) is 0 Å². The van der Waals surface area contributed by atoms with Gasteiger partial charge in [-0.15, -0.1) is 0 Å². The maximum Gasteiger partial charge on any atom is 0.307 e. The molecule has 2 aliphatic carbocycles. The van der Waals surface area contributed by atoms with E-state index in [-0.39, 0.29) is 17.9 Å². The summed E-state index contributed by atoms with van der Waals surface area (Å²) < 4.78 is 0. The number of nitrogens with one attached hydrogen (secondary N) is 1. The molecule has 2 fully saturated rings. The molecule has 0 aromatic carbocycles. The first kappa shape index (κ1) is 13.4. The number of hydrogen-bond donors (Lipinski definition) is 2. The fraction of sp³-hybridized carbons (Fsp3) is 0.857. The maximum atomic E-state index is 12.2. The molecule has 0 saturated heterocycles. The first-order chi connectivity index (χ1) is 8.59. The summed E-state index contributed by atoms with van der Waals surface area (Å²) in [6.07, 6.45) is 7.11. The van der Waals surface area contributed by atoms with Crippen molar-refractivity contribution in [1.29, 1.82) is 0 Å².